The monoisotopic (exact) mass is 253 g/mol. The van der Waals surface area contributed by atoms with Crippen molar-refractivity contribution >= 4 is 11.2 Å². The van der Waals surface area contributed by atoms with Crippen molar-refractivity contribution in [2.75, 3.05) is 5.73 Å². The molecule has 0 aliphatic heterocycles. The summed E-state index contributed by atoms with van der Waals surface area (Å²) in [6, 6.07) is 13.4. The van der Waals surface area contributed by atoms with Gasteiger partial charge in [0.15, 0.2) is 5.82 Å². The molecule has 2 heterocycles. The third-order valence-corrected chi connectivity index (χ3v) is 3.05. The van der Waals surface area contributed by atoms with E-state index in [2.05, 4.69) is 11.1 Å². The van der Waals surface area contributed by atoms with Gasteiger partial charge in [-0.05, 0) is 43.3 Å². The second-order valence-corrected chi connectivity index (χ2v) is 4.43. The maximum absolute atomic E-state index is 5.73. The maximum atomic E-state index is 5.73. The number of aromatic nitrogens is 2. The normalized spacial score (nSPS) is 10.8. The van der Waals surface area contributed by atoms with Crippen LogP contribution in [0.3, 0.4) is 0 Å². The molecule has 19 heavy (non-hydrogen) atoms. The molecular weight excluding hydrogens is 238 g/mol. The van der Waals surface area contributed by atoms with E-state index in [4.69, 9.17) is 10.5 Å². The molecule has 0 aliphatic carbocycles. The number of benzene rings is 1. The van der Waals surface area contributed by atoms with Crippen LogP contribution in [0.15, 0.2) is 48.7 Å². The molecule has 3 rings (SSSR count). The number of fused-ring (bicyclic) bond motifs is 1. The van der Waals surface area contributed by atoms with Crippen LogP contribution >= 0.6 is 0 Å². The van der Waals surface area contributed by atoms with E-state index >= 15 is 0 Å². The number of rotatable bonds is 3. The van der Waals surface area contributed by atoms with Crippen molar-refractivity contribution in [1.82, 2.24) is 9.38 Å². The van der Waals surface area contributed by atoms with Gasteiger partial charge in [-0.1, -0.05) is 6.07 Å². The number of hydrogen-bond acceptors (Lipinski definition) is 3. The van der Waals surface area contributed by atoms with E-state index in [0.717, 1.165) is 28.5 Å². The fourth-order valence-corrected chi connectivity index (χ4v) is 2.08. The van der Waals surface area contributed by atoms with Crippen LogP contribution in [-0.2, 0) is 6.61 Å². The molecule has 1 aromatic carbocycles. The van der Waals surface area contributed by atoms with E-state index < -0.39 is 0 Å². The number of nitrogens with zero attached hydrogens (tertiary/aromatic N) is 2. The smallest absolute Gasteiger partial charge is 0.151 e. The fourth-order valence-electron chi connectivity index (χ4n) is 2.08. The minimum atomic E-state index is 0.433. The SMILES string of the molecule is Cc1nc(COc2ccc(N)cc2)n2ccccc12. The molecular formula is C15H15N3O. The van der Waals surface area contributed by atoms with Gasteiger partial charge < -0.3 is 14.9 Å². The van der Waals surface area contributed by atoms with E-state index in [1.54, 1.807) is 0 Å². The largest absolute Gasteiger partial charge is 0.486 e. The summed E-state index contributed by atoms with van der Waals surface area (Å²) in [4.78, 5) is 4.54. The summed E-state index contributed by atoms with van der Waals surface area (Å²) in [7, 11) is 0. The van der Waals surface area contributed by atoms with Crippen molar-refractivity contribution in [2.24, 2.45) is 0 Å². The van der Waals surface area contributed by atoms with Gasteiger partial charge in [0.2, 0.25) is 0 Å². The highest BCUT2D eigenvalue weighted by atomic mass is 16.5. The first-order valence-corrected chi connectivity index (χ1v) is 6.15. The predicted molar refractivity (Wildman–Crippen MR) is 75.1 cm³/mol. The number of nitrogens with two attached hydrogens (primary N) is 1. The van der Waals surface area contributed by atoms with E-state index in [0.29, 0.717) is 6.61 Å². The molecule has 0 amide bonds. The van der Waals surface area contributed by atoms with Crippen molar-refractivity contribution < 1.29 is 4.74 Å². The molecule has 4 nitrogen and oxygen atoms in total. The summed E-state index contributed by atoms with van der Waals surface area (Å²) in [5.74, 6) is 1.68. The maximum Gasteiger partial charge on any atom is 0.151 e. The highest BCUT2D eigenvalue weighted by molar-refractivity contribution is 5.52. The Morgan fingerprint density at radius 2 is 1.95 bits per heavy atom. The Bertz CT molecular complexity index is 701. The van der Waals surface area contributed by atoms with Crippen LogP contribution in [0.1, 0.15) is 11.5 Å². The fraction of sp³-hybridized carbons (Fsp3) is 0.133. The third kappa shape index (κ3) is 2.25. The van der Waals surface area contributed by atoms with Gasteiger partial charge in [-0.3, -0.25) is 0 Å². The van der Waals surface area contributed by atoms with Crippen LogP contribution in [0.4, 0.5) is 5.69 Å². The molecule has 2 N–H and O–H groups in total. The number of pyridine rings is 1. The van der Waals surface area contributed by atoms with Gasteiger partial charge in [0.25, 0.3) is 0 Å². The number of nitrogen functional groups attached to an aromatic ring is 1. The highest BCUT2D eigenvalue weighted by Crippen LogP contribution is 2.16. The molecule has 0 spiro atoms. The Morgan fingerprint density at radius 3 is 2.74 bits per heavy atom. The zero-order chi connectivity index (χ0) is 13.2. The molecule has 0 aliphatic rings. The van der Waals surface area contributed by atoms with Gasteiger partial charge in [0.05, 0.1) is 11.2 Å². The van der Waals surface area contributed by atoms with Crippen molar-refractivity contribution in [2.45, 2.75) is 13.5 Å². The molecule has 0 unspecified atom stereocenters. The van der Waals surface area contributed by atoms with Crippen LogP contribution in [-0.4, -0.2) is 9.38 Å². The van der Waals surface area contributed by atoms with Crippen LogP contribution in [0.25, 0.3) is 5.52 Å². The zero-order valence-corrected chi connectivity index (χ0v) is 10.7. The average Bonchev–Trinajstić information content (AvgIpc) is 2.76. The Morgan fingerprint density at radius 1 is 1.16 bits per heavy atom. The number of anilines is 1. The minimum absolute atomic E-state index is 0.433. The number of ether oxygens (including phenoxy) is 1. The number of aryl methyl sites for hydroxylation is 1. The molecule has 4 heteroatoms. The summed E-state index contributed by atoms with van der Waals surface area (Å²) in [5.41, 5.74) is 8.49. The predicted octanol–water partition coefficient (Wildman–Crippen LogP) is 2.80. The Labute approximate surface area is 111 Å². The quantitative estimate of drug-likeness (QED) is 0.730. The molecule has 0 fully saturated rings. The van der Waals surface area contributed by atoms with Crippen molar-refractivity contribution in [3.63, 3.8) is 0 Å². The van der Waals surface area contributed by atoms with Gasteiger partial charge in [0.1, 0.15) is 12.4 Å². The van der Waals surface area contributed by atoms with Gasteiger partial charge in [0, 0.05) is 11.9 Å². The van der Waals surface area contributed by atoms with E-state index in [1.807, 2.05) is 53.9 Å². The third-order valence-electron chi connectivity index (χ3n) is 3.05. The second kappa shape index (κ2) is 4.65. The van der Waals surface area contributed by atoms with Crippen LogP contribution in [0, 0.1) is 6.92 Å². The molecule has 0 radical (unpaired) electrons. The van der Waals surface area contributed by atoms with E-state index in [9.17, 15) is 0 Å². The molecule has 0 saturated carbocycles. The molecule has 2 aromatic heterocycles. The van der Waals surface area contributed by atoms with Gasteiger partial charge >= 0.3 is 0 Å². The Balaban J connectivity index is 1.84. The van der Waals surface area contributed by atoms with E-state index in [1.165, 1.54) is 0 Å². The first kappa shape index (κ1) is 11.6. The topological polar surface area (TPSA) is 52.5 Å². The van der Waals surface area contributed by atoms with Crippen LogP contribution < -0.4 is 10.5 Å². The van der Waals surface area contributed by atoms with E-state index in [-0.39, 0.29) is 0 Å². The highest BCUT2D eigenvalue weighted by Gasteiger charge is 2.07. The summed E-state index contributed by atoms with van der Waals surface area (Å²) in [6.45, 7) is 2.44. The van der Waals surface area contributed by atoms with Crippen LogP contribution in [0.2, 0.25) is 0 Å². The van der Waals surface area contributed by atoms with Gasteiger partial charge in [-0.15, -0.1) is 0 Å². The lowest BCUT2D eigenvalue weighted by molar-refractivity contribution is 0.295. The lowest BCUT2D eigenvalue weighted by Crippen LogP contribution is -2.01. The van der Waals surface area contributed by atoms with Crippen molar-refractivity contribution in [3.8, 4) is 5.75 Å². The average molecular weight is 253 g/mol. The number of hydrogen-bond donors (Lipinski definition) is 1. The molecule has 96 valence electrons. The lowest BCUT2D eigenvalue weighted by Gasteiger charge is -2.05. The molecule has 3 aromatic rings. The summed E-state index contributed by atoms with van der Waals surface area (Å²) >= 11 is 0. The van der Waals surface area contributed by atoms with Crippen molar-refractivity contribution in [3.05, 3.63) is 60.2 Å². The Hall–Kier alpha value is -2.49. The first-order chi connectivity index (χ1) is 9.24. The number of imidazole rings is 1. The molecule has 0 saturated heterocycles. The summed E-state index contributed by atoms with van der Waals surface area (Å²) in [6.07, 6.45) is 2.00. The minimum Gasteiger partial charge on any atom is -0.486 e. The van der Waals surface area contributed by atoms with Crippen LogP contribution in [0.5, 0.6) is 5.75 Å². The van der Waals surface area contributed by atoms with Crippen molar-refractivity contribution in [1.29, 1.82) is 0 Å². The zero-order valence-electron chi connectivity index (χ0n) is 10.7. The van der Waals surface area contributed by atoms with Gasteiger partial charge in [-0.25, -0.2) is 4.98 Å². The first-order valence-electron chi connectivity index (χ1n) is 6.15. The summed E-state index contributed by atoms with van der Waals surface area (Å²) in [5, 5.41) is 0. The Kier molecular flexibility index (Phi) is 2.83. The summed E-state index contributed by atoms with van der Waals surface area (Å²) < 4.78 is 7.78. The molecule has 0 atom stereocenters. The molecule has 0 bridgehead atoms. The lowest BCUT2D eigenvalue weighted by atomic mass is 10.3. The standard InChI is InChI=1S/C15H15N3O/c1-11-14-4-2-3-9-18(14)15(17-11)10-19-13-7-5-12(16)6-8-13/h2-9H,10,16H2,1H3. The second-order valence-electron chi connectivity index (χ2n) is 4.43. The van der Waals surface area contributed by atoms with Gasteiger partial charge in [-0.2, -0.15) is 0 Å².